The molecule has 0 aliphatic carbocycles. The van der Waals surface area contributed by atoms with Crippen LogP contribution in [-0.2, 0) is 0 Å². The summed E-state index contributed by atoms with van der Waals surface area (Å²) in [5.41, 5.74) is 1.10. The summed E-state index contributed by atoms with van der Waals surface area (Å²) < 4.78 is 0. The van der Waals surface area contributed by atoms with Crippen LogP contribution in [0.2, 0.25) is 0 Å². The fourth-order valence-electron chi connectivity index (χ4n) is 2.16. The molecule has 1 aliphatic rings. The minimum atomic E-state index is 0.242. The third kappa shape index (κ3) is 3.17. The first-order valence-electron chi connectivity index (χ1n) is 6.61. The van der Waals surface area contributed by atoms with E-state index in [1.54, 1.807) is 0 Å². The zero-order valence-electron chi connectivity index (χ0n) is 11.2. The van der Waals surface area contributed by atoms with E-state index in [4.69, 9.17) is 5.11 Å². The second-order valence-corrected chi connectivity index (χ2v) is 5.01. The van der Waals surface area contributed by atoms with E-state index in [1.165, 1.54) is 0 Å². The molecule has 5 heteroatoms. The predicted molar refractivity (Wildman–Crippen MR) is 71.9 cm³/mol. The molecule has 0 amide bonds. The topological polar surface area (TPSA) is 52.5 Å². The van der Waals surface area contributed by atoms with Crippen LogP contribution in [0.1, 0.15) is 25.6 Å². The van der Waals surface area contributed by atoms with Crippen molar-refractivity contribution in [2.75, 3.05) is 44.2 Å². The molecule has 1 fully saturated rings. The summed E-state index contributed by atoms with van der Waals surface area (Å²) in [6.45, 7) is 9.15. The van der Waals surface area contributed by atoms with E-state index in [9.17, 15) is 0 Å². The Kier molecular flexibility index (Phi) is 4.49. The smallest absolute Gasteiger partial charge is 0.130 e. The Morgan fingerprint density at radius 1 is 1.17 bits per heavy atom. The van der Waals surface area contributed by atoms with Crippen molar-refractivity contribution in [2.45, 2.75) is 19.8 Å². The highest BCUT2D eigenvalue weighted by Crippen LogP contribution is 2.16. The Bertz CT molecular complexity index is 358. The van der Waals surface area contributed by atoms with Crippen molar-refractivity contribution in [2.24, 2.45) is 0 Å². The molecule has 0 unspecified atom stereocenters. The number of aliphatic hydroxyl groups excluding tert-OH is 1. The van der Waals surface area contributed by atoms with Gasteiger partial charge in [-0.1, -0.05) is 13.8 Å². The number of hydrogen-bond donors (Lipinski definition) is 1. The average Bonchev–Trinajstić information content (AvgIpc) is 2.40. The largest absolute Gasteiger partial charge is 0.395 e. The molecular weight excluding hydrogens is 228 g/mol. The van der Waals surface area contributed by atoms with E-state index < -0.39 is 0 Å². The molecule has 5 nitrogen and oxygen atoms in total. The maximum atomic E-state index is 8.91. The van der Waals surface area contributed by atoms with Crippen molar-refractivity contribution in [3.05, 3.63) is 18.2 Å². The van der Waals surface area contributed by atoms with E-state index in [0.29, 0.717) is 5.92 Å². The molecule has 1 N–H and O–H groups in total. The third-order valence-corrected chi connectivity index (χ3v) is 3.33. The van der Waals surface area contributed by atoms with Crippen molar-refractivity contribution in [3.8, 4) is 0 Å². The van der Waals surface area contributed by atoms with Gasteiger partial charge in [-0.05, 0) is 0 Å². The Morgan fingerprint density at radius 2 is 1.78 bits per heavy atom. The predicted octanol–water partition coefficient (Wildman–Crippen LogP) is 0.714. The first-order valence-corrected chi connectivity index (χ1v) is 6.61. The highest BCUT2D eigenvalue weighted by atomic mass is 16.3. The Labute approximate surface area is 108 Å². The molecule has 100 valence electrons. The molecule has 1 aromatic rings. The quantitative estimate of drug-likeness (QED) is 0.853. The fraction of sp³-hybridized carbons (Fsp3) is 0.692. The summed E-state index contributed by atoms with van der Waals surface area (Å²) >= 11 is 0. The summed E-state index contributed by atoms with van der Waals surface area (Å²) in [6.07, 6.45) is 3.84. The summed E-state index contributed by atoms with van der Waals surface area (Å²) in [7, 11) is 0. The third-order valence-electron chi connectivity index (χ3n) is 3.33. The molecule has 18 heavy (non-hydrogen) atoms. The fourth-order valence-corrected chi connectivity index (χ4v) is 2.16. The van der Waals surface area contributed by atoms with E-state index in [0.717, 1.165) is 44.2 Å². The minimum absolute atomic E-state index is 0.242. The van der Waals surface area contributed by atoms with Crippen LogP contribution in [0.5, 0.6) is 0 Å². The van der Waals surface area contributed by atoms with Crippen LogP contribution in [0, 0.1) is 0 Å². The van der Waals surface area contributed by atoms with Gasteiger partial charge in [0, 0.05) is 38.6 Å². The Morgan fingerprint density at radius 3 is 2.28 bits per heavy atom. The van der Waals surface area contributed by atoms with E-state index in [-0.39, 0.29) is 6.61 Å². The second-order valence-electron chi connectivity index (χ2n) is 5.01. The van der Waals surface area contributed by atoms with Crippen molar-refractivity contribution in [3.63, 3.8) is 0 Å². The van der Waals surface area contributed by atoms with Gasteiger partial charge in [-0.25, -0.2) is 9.97 Å². The van der Waals surface area contributed by atoms with Gasteiger partial charge in [0.1, 0.15) is 5.82 Å². The monoisotopic (exact) mass is 250 g/mol. The highest BCUT2D eigenvalue weighted by Gasteiger charge is 2.17. The van der Waals surface area contributed by atoms with Crippen molar-refractivity contribution < 1.29 is 5.11 Å². The van der Waals surface area contributed by atoms with Crippen LogP contribution in [0.15, 0.2) is 12.4 Å². The zero-order chi connectivity index (χ0) is 13.0. The van der Waals surface area contributed by atoms with Crippen LogP contribution < -0.4 is 4.90 Å². The standard InChI is InChI=1S/C13H22N4O/c1-11(2)13-14-9-12(10-15-13)17-5-3-16(4-6-17)7-8-18/h9-11,18H,3-8H2,1-2H3. The molecule has 0 spiro atoms. The summed E-state index contributed by atoms with van der Waals surface area (Å²) in [5.74, 6) is 1.28. The summed E-state index contributed by atoms with van der Waals surface area (Å²) in [6, 6.07) is 0. The molecule has 1 saturated heterocycles. The lowest BCUT2D eigenvalue weighted by Crippen LogP contribution is -2.47. The second kappa shape index (κ2) is 6.11. The lowest BCUT2D eigenvalue weighted by molar-refractivity contribution is 0.188. The van der Waals surface area contributed by atoms with Gasteiger partial charge < -0.3 is 10.0 Å². The van der Waals surface area contributed by atoms with Crippen LogP contribution in [0.4, 0.5) is 5.69 Å². The van der Waals surface area contributed by atoms with Gasteiger partial charge in [0.2, 0.25) is 0 Å². The number of hydrogen-bond acceptors (Lipinski definition) is 5. The minimum Gasteiger partial charge on any atom is -0.395 e. The van der Waals surface area contributed by atoms with Gasteiger partial charge in [-0.15, -0.1) is 0 Å². The maximum Gasteiger partial charge on any atom is 0.130 e. The van der Waals surface area contributed by atoms with Crippen LogP contribution in [-0.4, -0.2) is 59.3 Å². The van der Waals surface area contributed by atoms with Gasteiger partial charge >= 0.3 is 0 Å². The molecule has 0 atom stereocenters. The highest BCUT2D eigenvalue weighted by molar-refractivity contribution is 5.42. The SMILES string of the molecule is CC(C)c1ncc(N2CCN(CCO)CC2)cn1. The average molecular weight is 250 g/mol. The molecule has 2 rings (SSSR count). The number of aromatic nitrogens is 2. The number of anilines is 1. The van der Waals surface area contributed by atoms with Gasteiger partial charge in [0.15, 0.2) is 0 Å². The molecule has 1 aliphatic heterocycles. The summed E-state index contributed by atoms with van der Waals surface area (Å²) in [4.78, 5) is 13.4. The number of nitrogens with zero attached hydrogens (tertiary/aromatic N) is 4. The van der Waals surface area contributed by atoms with Crippen LogP contribution >= 0.6 is 0 Å². The van der Waals surface area contributed by atoms with Crippen molar-refractivity contribution in [1.82, 2.24) is 14.9 Å². The molecule has 0 bridgehead atoms. The zero-order valence-corrected chi connectivity index (χ0v) is 11.2. The molecule has 0 aromatic carbocycles. The van der Waals surface area contributed by atoms with Crippen LogP contribution in [0.3, 0.4) is 0 Å². The molecule has 1 aromatic heterocycles. The number of piperazine rings is 1. The number of rotatable bonds is 4. The first-order chi connectivity index (χ1) is 8.70. The van der Waals surface area contributed by atoms with Gasteiger partial charge in [-0.2, -0.15) is 0 Å². The summed E-state index contributed by atoms with van der Waals surface area (Å²) in [5, 5.41) is 8.91. The van der Waals surface area contributed by atoms with E-state index in [2.05, 4.69) is 33.6 Å². The van der Waals surface area contributed by atoms with Crippen LogP contribution in [0.25, 0.3) is 0 Å². The number of aliphatic hydroxyl groups is 1. The maximum absolute atomic E-state index is 8.91. The molecule has 0 radical (unpaired) electrons. The van der Waals surface area contributed by atoms with Crippen molar-refractivity contribution >= 4 is 5.69 Å². The van der Waals surface area contributed by atoms with Gasteiger partial charge in [-0.3, -0.25) is 4.90 Å². The van der Waals surface area contributed by atoms with Gasteiger partial charge in [0.25, 0.3) is 0 Å². The molecular formula is C13H22N4O. The molecule has 0 saturated carbocycles. The van der Waals surface area contributed by atoms with E-state index >= 15 is 0 Å². The van der Waals surface area contributed by atoms with Gasteiger partial charge in [0.05, 0.1) is 24.7 Å². The normalized spacial score (nSPS) is 17.4. The lowest BCUT2D eigenvalue weighted by Gasteiger charge is -2.35. The van der Waals surface area contributed by atoms with E-state index in [1.807, 2.05) is 12.4 Å². The Balaban J connectivity index is 1.93. The molecule has 2 heterocycles. The van der Waals surface area contributed by atoms with Crippen molar-refractivity contribution in [1.29, 1.82) is 0 Å². The first kappa shape index (κ1) is 13.2. The Hall–Kier alpha value is -1.20. The lowest BCUT2D eigenvalue weighted by atomic mass is 10.2. The number of β-amino-alcohol motifs (C(OH)–C–C–N with tert-alkyl or cyclic N) is 1.